The Balaban J connectivity index is 1.81. The summed E-state index contributed by atoms with van der Waals surface area (Å²) in [5.41, 5.74) is 6.37. The zero-order chi connectivity index (χ0) is 9.53. The molecule has 1 atom stereocenters. The van der Waals surface area contributed by atoms with E-state index in [2.05, 4.69) is 25.6 Å². The number of nitrogens with two attached hydrogens (primary N) is 1. The maximum Gasteiger partial charge on any atom is 0.0155 e. The van der Waals surface area contributed by atoms with Gasteiger partial charge in [0.2, 0.25) is 0 Å². The third-order valence-electron chi connectivity index (χ3n) is 3.81. The van der Waals surface area contributed by atoms with E-state index < -0.39 is 0 Å². The van der Waals surface area contributed by atoms with Gasteiger partial charge >= 0.3 is 0 Å². The number of hydrogen-bond acceptors (Lipinski definition) is 2. The minimum atomic E-state index is 0.267. The van der Waals surface area contributed by atoms with Gasteiger partial charge in [0.1, 0.15) is 0 Å². The maximum absolute atomic E-state index is 6.11. The maximum atomic E-state index is 6.11. The van der Waals surface area contributed by atoms with E-state index >= 15 is 0 Å². The Morgan fingerprint density at radius 3 is 2.54 bits per heavy atom. The summed E-state index contributed by atoms with van der Waals surface area (Å²) < 4.78 is 0.519. The average molecular weight is 199 g/mol. The molecule has 2 N–H and O–H groups in total. The summed E-state index contributed by atoms with van der Waals surface area (Å²) in [4.78, 5) is 0. The highest BCUT2D eigenvalue weighted by Crippen LogP contribution is 2.47. The molecule has 1 saturated carbocycles. The Bertz CT molecular complexity index is 196. The second-order valence-corrected chi connectivity index (χ2v) is 7.09. The normalized spacial score (nSPS) is 34.8. The summed E-state index contributed by atoms with van der Waals surface area (Å²) in [6, 6.07) is 0. The summed E-state index contributed by atoms with van der Waals surface area (Å²) in [5.74, 6) is 2.27. The van der Waals surface area contributed by atoms with Gasteiger partial charge < -0.3 is 5.73 Å². The van der Waals surface area contributed by atoms with E-state index in [-0.39, 0.29) is 5.54 Å². The minimum absolute atomic E-state index is 0.267. The molecule has 1 unspecified atom stereocenters. The molecule has 0 spiro atoms. The van der Waals surface area contributed by atoms with Crippen LogP contribution in [-0.2, 0) is 0 Å². The molecule has 0 amide bonds. The van der Waals surface area contributed by atoms with Gasteiger partial charge in [-0.1, -0.05) is 13.8 Å². The Hall–Kier alpha value is 0.310. The van der Waals surface area contributed by atoms with Gasteiger partial charge in [-0.3, -0.25) is 0 Å². The van der Waals surface area contributed by atoms with Crippen LogP contribution in [0, 0.1) is 5.92 Å². The second-order valence-electron chi connectivity index (χ2n) is 5.34. The molecule has 0 aromatic heterocycles. The molecule has 2 rings (SSSR count). The van der Waals surface area contributed by atoms with Gasteiger partial charge in [-0.05, 0) is 43.8 Å². The van der Waals surface area contributed by atoms with Crippen LogP contribution in [0.1, 0.15) is 46.0 Å². The van der Waals surface area contributed by atoms with Crippen molar-refractivity contribution in [2.75, 3.05) is 5.75 Å². The van der Waals surface area contributed by atoms with Gasteiger partial charge in [-0.15, -0.1) is 0 Å². The van der Waals surface area contributed by atoms with Crippen molar-refractivity contribution < 1.29 is 0 Å². The molecule has 0 radical (unpaired) electrons. The lowest BCUT2D eigenvalue weighted by Gasteiger charge is -2.26. The van der Waals surface area contributed by atoms with Crippen LogP contribution < -0.4 is 5.73 Å². The first-order valence-electron chi connectivity index (χ1n) is 5.45. The molecule has 1 aliphatic carbocycles. The van der Waals surface area contributed by atoms with E-state index in [0.29, 0.717) is 4.75 Å². The molecule has 0 aromatic rings. The molecule has 2 aliphatic rings. The van der Waals surface area contributed by atoms with Crippen molar-refractivity contribution in [2.24, 2.45) is 11.7 Å². The molecule has 1 aliphatic heterocycles. The van der Waals surface area contributed by atoms with Crippen LogP contribution in [0.3, 0.4) is 0 Å². The zero-order valence-corrected chi connectivity index (χ0v) is 9.62. The highest BCUT2D eigenvalue weighted by molar-refractivity contribution is 8.00. The van der Waals surface area contributed by atoms with Crippen molar-refractivity contribution in [2.45, 2.75) is 56.2 Å². The fourth-order valence-electron chi connectivity index (χ4n) is 2.29. The molecule has 0 aromatic carbocycles. The quantitative estimate of drug-likeness (QED) is 0.756. The lowest BCUT2D eigenvalue weighted by Crippen LogP contribution is -2.27. The van der Waals surface area contributed by atoms with Crippen LogP contribution in [0.5, 0.6) is 0 Å². The van der Waals surface area contributed by atoms with Crippen molar-refractivity contribution in [3.63, 3.8) is 0 Å². The topological polar surface area (TPSA) is 26.0 Å². The Morgan fingerprint density at radius 1 is 1.38 bits per heavy atom. The average Bonchev–Trinajstić information content (AvgIpc) is 2.66. The van der Waals surface area contributed by atoms with E-state index in [1.807, 2.05) is 0 Å². The van der Waals surface area contributed by atoms with Crippen LogP contribution >= 0.6 is 11.8 Å². The lowest BCUT2D eigenvalue weighted by molar-refractivity contribution is 0.373. The van der Waals surface area contributed by atoms with Crippen molar-refractivity contribution in [1.82, 2.24) is 0 Å². The Labute approximate surface area is 85.8 Å². The van der Waals surface area contributed by atoms with E-state index in [1.54, 1.807) is 0 Å². The Morgan fingerprint density at radius 2 is 2.08 bits per heavy atom. The molecule has 1 saturated heterocycles. The van der Waals surface area contributed by atoms with E-state index in [9.17, 15) is 0 Å². The van der Waals surface area contributed by atoms with Crippen molar-refractivity contribution >= 4 is 11.8 Å². The van der Waals surface area contributed by atoms with Crippen LogP contribution in [-0.4, -0.2) is 16.0 Å². The largest absolute Gasteiger partial charge is 0.325 e. The Kier molecular flexibility index (Phi) is 2.40. The smallest absolute Gasteiger partial charge is 0.0155 e. The molecular weight excluding hydrogens is 178 g/mol. The van der Waals surface area contributed by atoms with E-state index in [4.69, 9.17) is 5.73 Å². The van der Waals surface area contributed by atoms with Crippen LogP contribution in [0.2, 0.25) is 0 Å². The SMILES string of the molecule is CC1(C)SCCC1CCC1(N)CC1. The molecule has 2 heteroatoms. The van der Waals surface area contributed by atoms with Crippen molar-refractivity contribution in [1.29, 1.82) is 0 Å². The van der Waals surface area contributed by atoms with Crippen LogP contribution in [0.15, 0.2) is 0 Å². The van der Waals surface area contributed by atoms with Crippen LogP contribution in [0.4, 0.5) is 0 Å². The number of hydrogen-bond donors (Lipinski definition) is 1. The third-order valence-corrected chi connectivity index (χ3v) is 5.32. The minimum Gasteiger partial charge on any atom is -0.325 e. The van der Waals surface area contributed by atoms with Gasteiger partial charge in [0.15, 0.2) is 0 Å². The second kappa shape index (κ2) is 3.16. The van der Waals surface area contributed by atoms with Gasteiger partial charge in [-0.25, -0.2) is 0 Å². The van der Waals surface area contributed by atoms with Crippen molar-refractivity contribution in [3.8, 4) is 0 Å². The predicted molar refractivity (Wildman–Crippen MR) is 60.0 cm³/mol. The first-order chi connectivity index (χ1) is 6.02. The fourth-order valence-corrected chi connectivity index (χ4v) is 3.69. The first kappa shape index (κ1) is 9.85. The summed E-state index contributed by atoms with van der Waals surface area (Å²) >= 11 is 2.14. The monoisotopic (exact) mass is 199 g/mol. The summed E-state index contributed by atoms with van der Waals surface area (Å²) in [5, 5.41) is 0. The zero-order valence-electron chi connectivity index (χ0n) is 8.81. The van der Waals surface area contributed by atoms with Gasteiger partial charge in [0.25, 0.3) is 0 Å². The lowest BCUT2D eigenvalue weighted by atomic mass is 9.87. The van der Waals surface area contributed by atoms with E-state index in [1.165, 1.54) is 37.9 Å². The van der Waals surface area contributed by atoms with Crippen LogP contribution in [0.25, 0.3) is 0 Å². The van der Waals surface area contributed by atoms with E-state index in [0.717, 1.165) is 5.92 Å². The van der Waals surface area contributed by atoms with Crippen molar-refractivity contribution in [3.05, 3.63) is 0 Å². The molecule has 1 heterocycles. The third kappa shape index (κ3) is 2.21. The molecule has 2 fully saturated rings. The molecule has 0 bridgehead atoms. The number of thioether (sulfide) groups is 1. The molecule has 13 heavy (non-hydrogen) atoms. The highest BCUT2D eigenvalue weighted by atomic mass is 32.2. The van der Waals surface area contributed by atoms with Gasteiger partial charge in [-0.2, -0.15) is 11.8 Å². The molecule has 76 valence electrons. The van der Waals surface area contributed by atoms with Gasteiger partial charge in [0, 0.05) is 10.3 Å². The summed E-state index contributed by atoms with van der Waals surface area (Å²) in [6.07, 6.45) is 6.58. The summed E-state index contributed by atoms with van der Waals surface area (Å²) in [7, 11) is 0. The molecular formula is C11H21NS. The standard InChI is InChI=1S/C11H21NS/c1-10(2)9(4-8-13-10)3-5-11(12)6-7-11/h9H,3-8,12H2,1-2H3. The van der Waals surface area contributed by atoms with Gasteiger partial charge in [0.05, 0.1) is 0 Å². The predicted octanol–water partition coefficient (Wildman–Crippen LogP) is 2.79. The molecule has 1 nitrogen and oxygen atoms in total. The highest BCUT2D eigenvalue weighted by Gasteiger charge is 2.41. The fraction of sp³-hybridized carbons (Fsp3) is 1.00. The number of rotatable bonds is 3. The summed E-state index contributed by atoms with van der Waals surface area (Å²) in [6.45, 7) is 4.79. The first-order valence-corrected chi connectivity index (χ1v) is 6.43.